The maximum absolute atomic E-state index is 13.6. The highest BCUT2D eigenvalue weighted by molar-refractivity contribution is 7.94. The summed E-state index contributed by atoms with van der Waals surface area (Å²) in [5.74, 6) is -2.34. The Kier molecular flexibility index (Phi) is 11.3. The molecular formula is C29H19ClF2N10O10S3. The standard InChI is InChI=1S/C29H19ClF2N10O10S3/c30-26-38-28(34-14-2-1-3-17(9-14)54(45,46)47)40-29(39-26)35-16-6-7-21(55(48,49)50)19(11-16)41-42-24-20(53-52-51-44)8-13-4-5-15(10-18(13)25(24)43)33-23-12-22(31)36-27(32)37-23/h1-12,43-44H,(H,33,36,37)(H,45,46,47)(H,48,49,50)(H2,34,35,38,39,40). The molecule has 0 saturated carbocycles. The summed E-state index contributed by atoms with van der Waals surface area (Å²) in [4.78, 5) is 17.2. The number of nitrogens with zero attached hydrogens (tertiary/aromatic N) is 7. The zero-order chi connectivity index (χ0) is 39.5. The molecule has 0 saturated heterocycles. The number of azo groups is 1. The summed E-state index contributed by atoms with van der Waals surface area (Å²) in [5.41, 5.74) is -0.424. The predicted molar refractivity (Wildman–Crippen MR) is 190 cm³/mol. The molecule has 284 valence electrons. The van der Waals surface area contributed by atoms with Crippen molar-refractivity contribution in [1.29, 1.82) is 0 Å². The molecule has 2 heterocycles. The first-order chi connectivity index (χ1) is 26.0. The van der Waals surface area contributed by atoms with E-state index in [1.54, 1.807) is 0 Å². The van der Waals surface area contributed by atoms with Gasteiger partial charge in [-0.15, -0.1) is 14.6 Å². The molecule has 4 aromatic carbocycles. The number of hydrogen-bond donors (Lipinski definition) is 7. The lowest BCUT2D eigenvalue weighted by Crippen LogP contribution is -2.05. The number of phenolic OH excluding ortho intramolecular Hbond substituents is 1. The molecule has 2 aromatic heterocycles. The molecule has 26 heteroatoms. The Morgan fingerprint density at radius 2 is 1.45 bits per heavy atom. The third-order valence-corrected chi connectivity index (χ3v) is 9.43. The van der Waals surface area contributed by atoms with E-state index in [0.29, 0.717) is 17.4 Å². The van der Waals surface area contributed by atoms with Crippen LogP contribution in [0.2, 0.25) is 5.28 Å². The molecule has 0 bridgehead atoms. The van der Waals surface area contributed by atoms with E-state index < -0.39 is 53.5 Å². The van der Waals surface area contributed by atoms with Crippen molar-refractivity contribution < 1.29 is 54.5 Å². The third kappa shape index (κ3) is 9.67. The largest absolute Gasteiger partial charge is 0.505 e. The van der Waals surface area contributed by atoms with E-state index in [1.165, 1.54) is 42.5 Å². The fourth-order valence-electron chi connectivity index (χ4n) is 4.68. The van der Waals surface area contributed by atoms with E-state index in [2.05, 4.69) is 60.5 Å². The Bertz CT molecular complexity index is 2700. The van der Waals surface area contributed by atoms with Crippen molar-refractivity contribution in [3.8, 4) is 5.75 Å². The van der Waals surface area contributed by atoms with Crippen LogP contribution in [-0.4, -0.2) is 61.2 Å². The maximum atomic E-state index is 13.6. The van der Waals surface area contributed by atoms with Gasteiger partial charge in [-0.25, -0.2) is 5.26 Å². The van der Waals surface area contributed by atoms with Gasteiger partial charge in [0.1, 0.15) is 22.1 Å². The highest BCUT2D eigenvalue weighted by Crippen LogP contribution is 2.45. The van der Waals surface area contributed by atoms with E-state index in [1.807, 2.05) is 0 Å². The number of anilines is 6. The molecule has 7 N–H and O–H groups in total. The molecule has 6 aromatic rings. The van der Waals surface area contributed by atoms with Crippen LogP contribution in [0.15, 0.2) is 97.7 Å². The number of hydrogen-bond acceptors (Lipinski definition) is 19. The van der Waals surface area contributed by atoms with E-state index >= 15 is 0 Å². The van der Waals surface area contributed by atoms with Crippen LogP contribution in [0.1, 0.15) is 0 Å². The highest BCUT2D eigenvalue weighted by Gasteiger charge is 2.20. The van der Waals surface area contributed by atoms with Crippen molar-refractivity contribution in [3.63, 3.8) is 0 Å². The van der Waals surface area contributed by atoms with Crippen LogP contribution < -0.4 is 16.0 Å². The van der Waals surface area contributed by atoms with Crippen molar-refractivity contribution in [1.82, 2.24) is 24.9 Å². The maximum Gasteiger partial charge on any atom is 0.313 e. The zero-order valence-electron chi connectivity index (χ0n) is 26.7. The SMILES string of the molecule is O=S(=O)(O)c1cccc(Nc2nc(Cl)nc(Nc3ccc(S(=O)(=O)O)c(N=Nc4c(SOOO)cc5ccc(Nc6cc(F)nc(F)n6)cc5c4O)c3)n2)c1. The number of aromatic nitrogens is 5. The number of phenols is 1. The fourth-order valence-corrected chi connectivity index (χ4v) is 6.47. The summed E-state index contributed by atoms with van der Waals surface area (Å²) in [6, 6.07) is 14.9. The number of fused-ring (bicyclic) bond motifs is 1. The average Bonchev–Trinajstić information content (AvgIpc) is 3.09. The molecule has 20 nitrogen and oxygen atoms in total. The third-order valence-electron chi connectivity index (χ3n) is 6.89. The van der Waals surface area contributed by atoms with Crippen LogP contribution >= 0.6 is 23.6 Å². The molecule has 0 amide bonds. The normalized spacial score (nSPS) is 12.0. The minimum Gasteiger partial charge on any atom is -0.505 e. The van der Waals surface area contributed by atoms with Gasteiger partial charge in [-0.3, -0.25) is 9.11 Å². The summed E-state index contributed by atoms with van der Waals surface area (Å²) in [6.07, 6.45) is -1.33. The summed E-state index contributed by atoms with van der Waals surface area (Å²) in [6.45, 7) is 0. The molecule has 0 aliphatic rings. The summed E-state index contributed by atoms with van der Waals surface area (Å²) in [7, 11) is -9.45. The average molecular weight is 837 g/mol. The van der Waals surface area contributed by atoms with Crippen molar-refractivity contribution >= 4 is 101 Å². The van der Waals surface area contributed by atoms with Gasteiger partial charge in [0.25, 0.3) is 20.2 Å². The molecule has 0 unspecified atom stereocenters. The highest BCUT2D eigenvalue weighted by atomic mass is 35.5. The van der Waals surface area contributed by atoms with Crippen molar-refractivity contribution in [2.24, 2.45) is 10.2 Å². The zero-order valence-corrected chi connectivity index (χ0v) is 29.9. The predicted octanol–water partition coefficient (Wildman–Crippen LogP) is 7.02. The van der Waals surface area contributed by atoms with Crippen LogP contribution in [0.3, 0.4) is 0 Å². The van der Waals surface area contributed by atoms with Gasteiger partial charge in [0.2, 0.25) is 23.1 Å². The number of nitrogens with one attached hydrogen (secondary N) is 3. The second kappa shape index (κ2) is 15.9. The van der Waals surface area contributed by atoms with Crippen molar-refractivity contribution in [2.75, 3.05) is 16.0 Å². The smallest absolute Gasteiger partial charge is 0.313 e. The Morgan fingerprint density at radius 1 is 0.764 bits per heavy atom. The first kappa shape index (κ1) is 38.9. The molecular weight excluding hydrogens is 818 g/mol. The van der Waals surface area contributed by atoms with Gasteiger partial charge in [-0.2, -0.15) is 50.5 Å². The second-order valence-electron chi connectivity index (χ2n) is 10.6. The molecule has 55 heavy (non-hydrogen) atoms. The van der Waals surface area contributed by atoms with Crippen LogP contribution in [-0.2, 0) is 29.6 Å². The van der Waals surface area contributed by atoms with Crippen molar-refractivity contribution in [2.45, 2.75) is 14.7 Å². The number of rotatable bonds is 13. The van der Waals surface area contributed by atoms with Crippen LogP contribution in [0.5, 0.6) is 5.75 Å². The number of halogens is 3. The quantitative estimate of drug-likeness (QED) is 0.0117. The van der Waals surface area contributed by atoms with Gasteiger partial charge >= 0.3 is 6.08 Å². The first-order valence-corrected chi connectivity index (χ1v) is 18.5. The van der Waals surface area contributed by atoms with E-state index in [9.17, 15) is 39.8 Å². The molecule has 0 aliphatic heterocycles. The van der Waals surface area contributed by atoms with Gasteiger partial charge in [0, 0.05) is 28.5 Å². The number of aromatic hydroxyl groups is 1. The van der Waals surface area contributed by atoms with E-state index in [4.69, 9.17) is 16.9 Å². The molecule has 0 spiro atoms. The second-order valence-corrected chi connectivity index (χ2v) is 14.5. The Hall–Kier alpha value is -5.77. The van der Waals surface area contributed by atoms with Crippen LogP contribution in [0, 0.1) is 12.0 Å². The Morgan fingerprint density at radius 3 is 2.13 bits per heavy atom. The van der Waals surface area contributed by atoms with Crippen LogP contribution in [0.25, 0.3) is 10.8 Å². The first-order valence-electron chi connectivity index (χ1n) is 14.5. The van der Waals surface area contributed by atoms with Gasteiger partial charge in [-0.1, -0.05) is 17.2 Å². The van der Waals surface area contributed by atoms with Gasteiger partial charge in [0.05, 0.1) is 21.8 Å². The molecule has 0 aliphatic carbocycles. The number of benzene rings is 4. The molecule has 0 radical (unpaired) electrons. The minimum atomic E-state index is -4.93. The van der Waals surface area contributed by atoms with E-state index in [-0.39, 0.29) is 56.0 Å². The molecule has 6 rings (SSSR count). The topological polar surface area (TPSA) is 293 Å². The summed E-state index contributed by atoms with van der Waals surface area (Å²) in [5, 5.41) is 39.9. The summed E-state index contributed by atoms with van der Waals surface area (Å²) >= 11 is 6.44. The lowest BCUT2D eigenvalue weighted by Gasteiger charge is -2.12. The van der Waals surface area contributed by atoms with Gasteiger partial charge < -0.3 is 21.1 Å². The minimum absolute atomic E-state index is 0.0203. The Labute approximate surface area is 315 Å². The van der Waals surface area contributed by atoms with E-state index in [0.717, 1.165) is 30.3 Å². The molecule has 0 atom stereocenters. The van der Waals surface area contributed by atoms with Gasteiger partial charge in [-0.05, 0) is 71.6 Å². The lowest BCUT2D eigenvalue weighted by atomic mass is 10.1. The lowest BCUT2D eigenvalue weighted by molar-refractivity contribution is -0.432. The Balaban J connectivity index is 1.35. The van der Waals surface area contributed by atoms with Gasteiger partial charge in [0.15, 0.2) is 5.75 Å². The van der Waals surface area contributed by atoms with Crippen LogP contribution in [0.4, 0.5) is 54.9 Å². The monoisotopic (exact) mass is 836 g/mol. The molecule has 0 fully saturated rings. The van der Waals surface area contributed by atoms with Crippen molar-refractivity contribution in [3.05, 3.63) is 90.1 Å². The summed E-state index contributed by atoms with van der Waals surface area (Å²) < 4.78 is 98.7. The fraction of sp³-hybridized carbons (Fsp3) is 0.